The van der Waals surface area contributed by atoms with Crippen LogP contribution in [0.1, 0.15) is 31.2 Å². The summed E-state index contributed by atoms with van der Waals surface area (Å²) >= 11 is 0. The number of likely N-dealkylation sites (tertiary alicyclic amines) is 1. The van der Waals surface area contributed by atoms with Crippen molar-refractivity contribution in [2.75, 3.05) is 49.6 Å². The minimum atomic E-state index is -0.249. The minimum absolute atomic E-state index is 0.249. The highest BCUT2D eigenvalue weighted by Gasteiger charge is 2.23. The fraction of sp³-hybridized carbons (Fsp3) is 0.565. The Balaban J connectivity index is 1.28. The normalized spacial score (nSPS) is 21.3. The number of aliphatic hydroxyl groups excluding tert-OH is 1. The third-order valence-corrected chi connectivity index (χ3v) is 6.18. The van der Waals surface area contributed by atoms with E-state index in [2.05, 4.69) is 57.1 Å². The van der Waals surface area contributed by atoms with Gasteiger partial charge < -0.3 is 14.9 Å². The molecule has 1 aromatic carbocycles. The Morgan fingerprint density at radius 3 is 2.62 bits per heavy atom. The molecule has 2 fully saturated rings. The Bertz CT molecular complexity index is 763. The maximum Gasteiger partial charge on any atom is 0.227 e. The molecule has 0 saturated carbocycles. The second-order valence-electron chi connectivity index (χ2n) is 8.54. The number of β-amino-alcohol motifs (C(OH)–C–C–N with tert-alkyl or cyclic N) is 1. The van der Waals surface area contributed by atoms with Crippen LogP contribution in [-0.4, -0.2) is 65.8 Å². The van der Waals surface area contributed by atoms with Crippen LogP contribution >= 0.6 is 0 Å². The lowest BCUT2D eigenvalue weighted by Gasteiger charge is -2.34. The Hall–Kier alpha value is -2.18. The van der Waals surface area contributed by atoms with E-state index in [1.54, 1.807) is 0 Å². The van der Waals surface area contributed by atoms with Crippen LogP contribution in [0.15, 0.2) is 42.6 Å². The summed E-state index contributed by atoms with van der Waals surface area (Å²) in [5.74, 6) is 2.39. The smallest absolute Gasteiger partial charge is 0.227 e. The largest absolute Gasteiger partial charge is 0.391 e. The van der Waals surface area contributed by atoms with Gasteiger partial charge in [0.15, 0.2) is 0 Å². The highest BCUT2D eigenvalue weighted by Crippen LogP contribution is 2.23. The van der Waals surface area contributed by atoms with Gasteiger partial charge in [-0.1, -0.05) is 30.3 Å². The summed E-state index contributed by atoms with van der Waals surface area (Å²) in [6.07, 6.45) is 5.93. The van der Waals surface area contributed by atoms with Crippen molar-refractivity contribution in [3.8, 4) is 0 Å². The number of hydrogen-bond acceptors (Lipinski definition) is 6. The van der Waals surface area contributed by atoms with Gasteiger partial charge in [0.05, 0.1) is 6.10 Å². The first-order valence-electron chi connectivity index (χ1n) is 10.9. The van der Waals surface area contributed by atoms with Crippen molar-refractivity contribution in [2.24, 2.45) is 5.92 Å². The fourth-order valence-corrected chi connectivity index (χ4v) is 4.50. The molecule has 3 heterocycles. The highest BCUT2D eigenvalue weighted by atomic mass is 16.3. The van der Waals surface area contributed by atoms with E-state index >= 15 is 0 Å². The molecule has 1 aromatic heterocycles. The molecule has 4 rings (SSSR count). The molecule has 2 aliphatic heterocycles. The molecule has 1 atom stereocenters. The first-order valence-corrected chi connectivity index (χ1v) is 10.9. The van der Waals surface area contributed by atoms with E-state index in [-0.39, 0.29) is 6.10 Å². The molecule has 6 nitrogen and oxygen atoms in total. The number of hydrogen-bond donors (Lipinski definition) is 1. The number of piperidine rings is 2. The molecule has 0 radical (unpaired) electrons. The van der Waals surface area contributed by atoms with Gasteiger partial charge >= 0.3 is 0 Å². The van der Waals surface area contributed by atoms with Crippen LogP contribution in [0.25, 0.3) is 0 Å². The van der Waals surface area contributed by atoms with E-state index in [1.807, 2.05) is 12.3 Å². The molecular weight excluding hydrogens is 362 g/mol. The van der Waals surface area contributed by atoms with Crippen molar-refractivity contribution < 1.29 is 5.11 Å². The quantitative estimate of drug-likeness (QED) is 0.812. The van der Waals surface area contributed by atoms with Crippen LogP contribution in [0, 0.1) is 5.92 Å². The SMILES string of the molecule is CN(CC1CCN(Cc2ccccc2)CC1)c1nccc(N2CCCC(O)C2)n1. The lowest BCUT2D eigenvalue weighted by Crippen LogP contribution is -2.39. The summed E-state index contributed by atoms with van der Waals surface area (Å²) < 4.78 is 0. The van der Waals surface area contributed by atoms with Gasteiger partial charge in [0, 0.05) is 39.4 Å². The van der Waals surface area contributed by atoms with Gasteiger partial charge in [0.25, 0.3) is 0 Å². The van der Waals surface area contributed by atoms with Gasteiger partial charge in [-0.3, -0.25) is 4.90 Å². The standard InChI is InChI=1S/C23H33N5O/c1-26(23-24-12-9-22(25-23)28-13-5-8-21(29)18-28)16-20-10-14-27(15-11-20)17-19-6-3-2-4-7-19/h2-4,6-7,9,12,20-21,29H,5,8,10-11,13-18H2,1H3. The number of aromatic nitrogens is 2. The second kappa shape index (κ2) is 9.55. The van der Waals surface area contributed by atoms with Crippen LogP contribution in [0.3, 0.4) is 0 Å². The zero-order valence-electron chi connectivity index (χ0n) is 17.5. The lowest BCUT2D eigenvalue weighted by molar-refractivity contribution is 0.154. The number of nitrogens with zero attached hydrogens (tertiary/aromatic N) is 5. The Labute approximate surface area is 174 Å². The maximum atomic E-state index is 9.95. The molecule has 0 amide bonds. The van der Waals surface area contributed by atoms with Gasteiger partial charge in [-0.05, 0) is 56.3 Å². The van der Waals surface area contributed by atoms with Crippen LogP contribution in [0.2, 0.25) is 0 Å². The van der Waals surface area contributed by atoms with Crippen molar-refractivity contribution in [2.45, 2.75) is 38.3 Å². The minimum Gasteiger partial charge on any atom is -0.391 e. The molecular formula is C23H33N5O. The molecule has 6 heteroatoms. The van der Waals surface area contributed by atoms with Crippen LogP contribution < -0.4 is 9.80 Å². The summed E-state index contributed by atoms with van der Waals surface area (Å²) in [6.45, 7) is 5.97. The van der Waals surface area contributed by atoms with E-state index in [0.29, 0.717) is 12.5 Å². The van der Waals surface area contributed by atoms with Gasteiger partial charge in [0.2, 0.25) is 5.95 Å². The number of rotatable bonds is 6. The number of benzene rings is 1. The maximum absolute atomic E-state index is 9.95. The van der Waals surface area contributed by atoms with Crippen molar-refractivity contribution in [1.29, 1.82) is 0 Å². The Morgan fingerprint density at radius 1 is 1.07 bits per heavy atom. The summed E-state index contributed by atoms with van der Waals surface area (Å²) in [6, 6.07) is 12.7. The first kappa shape index (κ1) is 20.1. The Kier molecular flexibility index (Phi) is 6.62. The molecule has 0 spiro atoms. The van der Waals surface area contributed by atoms with Crippen LogP contribution in [0.5, 0.6) is 0 Å². The van der Waals surface area contributed by atoms with Gasteiger partial charge in [-0.15, -0.1) is 0 Å². The predicted molar refractivity (Wildman–Crippen MR) is 117 cm³/mol. The van der Waals surface area contributed by atoms with E-state index in [9.17, 15) is 5.11 Å². The second-order valence-corrected chi connectivity index (χ2v) is 8.54. The zero-order chi connectivity index (χ0) is 20.1. The van der Waals surface area contributed by atoms with Gasteiger partial charge in [-0.2, -0.15) is 4.98 Å². The molecule has 2 aromatic rings. The average molecular weight is 396 g/mol. The lowest BCUT2D eigenvalue weighted by atomic mass is 9.96. The molecule has 0 aliphatic carbocycles. The molecule has 2 aliphatic rings. The monoisotopic (exact) mass is 395 g/mol. The molecule has 29 heavy (non-hydrogen) atoms. The number of anilines is 2. The van der Waals surface area contributed by atoms with Gasteiger partial charge in [-0.25, -0.2) is 4.98 Å². The summed E-state index contributed by atoms with van der Waals surface area (Å²) in [5, 5.41) is 9.95. The fourth-order valence-electron chi connectivity index (χ4n) is 4.50. The molecule has 156 valence electrons. The summed E-state index contributed by atoms with van der Waals surface area (Å²) in [4.78, 5) is 16.2. The molecule has 1 unspecified atom stereocenters. The van der Waals surface area contributed by atoms with Crippen molar-refractivity contribution in [3.63, 3.8) is 0 Å². The van der Waals surface area contributed by atoms with E-state index < -0.39 is 0 Å². The highest BCUT2D eigenvalue weighted by molar-refractivity contribution is 5.44. The zero-order valence-corrected chi connectivity index (χ0v) is 17.5. The molecule has 0 bridgehead atoms. The van der Waals surface area contributed by atoms with Crippen molar-refractivity contribution in [3.05, 3.63) is 48.2 Å². The molecule has 1 N–H and O–H groups in total. The third-order valence-electron chi connectivity index (χ3n) is 6.18. The van der Waals surface area contributed by atoms with Crippen molar-refractivity contribution >= 4 is 11.8 Å². The Morgan fingerprint density at radius 2 is 1.86 bits per heavy atom. The van der Waals surface area contributed by atoms with E-state index in [0.717, 1.165) is 57.3 Å². The first-order chi connectivity index (χ1) is 14.2. The van der Waals surface area contributed by atoms with E-state index in [1.165, 1.54) is 18.4 Å². The summed E-state index contributed by atoms with van der Waals surface area (Å²) in [7, 11) is 2.10. The van der Waals surface area contributed by atoms with Crippen LogP contribution in [-0.2, 0) is 6.54 Å². The van der Waals surface area contributed by atoms with Crippen LogP contribution in [0.4, 0.5) is 11.8 Å². The predicted octanol–water partition coefficient (Wildman–Crippen LogP) is 2.79. The van der Waals surface area contributed by atoms with E-state index in [4.69, 9.17) is 4.98 Å². The van der Waals surface area contributed by atoms with Gasteiger partial charge in [0.1, 0.15) is 5.82 Å². The molecule has 2 saturated heterocycles. The number of aliphatic hydroxyl groups is 1. The van der Waals surface area contributed by atoms with Crippen molar-refractivity contribution in [1.82, 2.24) is 14.9 Å². The average Bonchev–Trinajstić information content (AvgIpc) is 2.76. The topological polar surface area (TPSA) is 55.7 Å². The third kappa shape index (κ3) is 5.46. The summed E-state index contributed by atoms with van der Waals surface area (Å²) in [5.41, 5.74) is 1.40.